The third kappa shape index (κ3) is 5.46. The van der Waals surface area contributed by atoms with Gasteiger partial charge in [0.05, 0.1) is 12.7 Å². The molecule has 0 bridgehead atoms. The van der Waals surface area contributed by atoms with Crippen LogP contribution in [0.25, 0.3) is 0 Å². The first-order chi connectivity index (χ1) is 14.4. The summed E-state index contributed by atoms with van der Waals surface area (Å²) in [6, 6.07) is 16.4. The second-order valence-electron chi connectivity index (χ2n) is 6.31. The van der Waals surface area contributed by atoms with E-state index in [0.29, 0.717) is 29.8 Å². The number of esters is 1. The molecule has 0 saturated heterocycles. The Hall–Kier alpha value is -3.17. The van der Waals surface area contributed by atoms with Crippen molar-refractivity contribution in [1.29, 1.82) is 0 Å². The Labute approximate surface area is 178 Å². The number of hydrogen-bond acceptors (Lipinski definition) is 6. The van der Waals surface area contributed by atoms with Crippen molar-refractivity contribution >= 4 is 38.9 Å². The van der Waals surface area contributed by atoms with Crippen molar-refractivity contribution in [1.82, 2.24) is 5.32 Å². The van der Waals surface area contributed by atoms with Gasteiger partial charge in [-0.3, -0.25) is 9.52 Å². The predicted octanol–water partition coefficient (Wildman–Crippen LogP) is 3.31. The molecular weight excluding hydrogens is 424 g/mol. The summed E-state index contributed by atoms with van der Waals surface area (Å²) < 4.78 is 32.0. The highest BCUT2D eigenvalue weighted by Crippen LogP contribution is 2.20. The molecule has 0 aliphatic carbocycles. The molecule has 0 spiro atoms. The highest BCUT2D eigenvalue weighted by molar-refractivity contribution is 7.94. The standard InChI is InChI=1S/C21H20N2O5S2/c1-28-21(25)16-9-7-15(8-10-16)11-12-22-20(24)17-4-2-5-18(14-17)23-30(26,27)19-6-3-13-29-19/h2-10,13-14,23H,11-12H2,1H3,(H,22,24). The molecule has 156 valence electrons. The maximum absolute atomic E-state index is 12.4. The van der Waals surface area contributed by atoms with Crippen LogP contribution < -0.4 is 10.0 Å². The smallest absolute Gasteiger partial charge is 0.337 e. The number of hydrogen-bond donors (Lipinski definition) is 2. The van der Waals surface area contributed by atoms with Crippen LogP contribution in [0.2, 0.25) is 0 Å². The molecule has 3 aromatic rings. The summed E-state index contributed by atoms with van der Waals surface area (Å²) in [6.45, 7) is 0.390. The van der Waals surface area contributed by atoms with E-state index >= 15 is 0 Å². The molecule has 0 aliphatic heterocycles. The van der Waals surface area contributed by atoms with Gasteiger partial charge in [0.2, 0.25) is 0 Å². The molecule has 1 amide bonds. The van der Waals surface area contributed by atoms with Crippen molar-refractivity contribution in [3.05, 3.63) is 82.7 Å². The molecule has 0 radical (unpaired) electrons. The van der Waals surface area contributed by atoms with E-state index in [1.807, 2.05) is 0 Å². The Morgan fingerprint density at radius 3 is 2.43 bits per heavy atom. The van der Waals surface area contributed by atoms with E-state index in [0.717, 1.165) is 16.9 Å². The van der Waals surface area contributed by atoms with E-state index in [2.05, 4.69) is 14.8 Å². The highest BCUT2D eigenvalue weighted by atomic mass is 32.2. The van der Waals surface area contributed by atoms with E-state index in [9.17, 15) is 18.0 Å². The average molecular weight is 445 g/mol. The van der Waals surface area contributed by atoms with E-state index in [4.69, 9.17) is 0 Å². The molecule has 30 heavy (non-hydrogen) atoms. The molecule has 1 aromatic heterocycles. The number of anilines is 1. The fourth-order valence-corrected chi connectivity index (χ4v) is 4.74. The van der Waals surface area contributed by atoms with Crippen molar-refractivity contribution in [2.24, 2.45) is 0 Å². The summed E-state index contributed by atoms with van der Waals surface area (Å²) in [7, 11) is -2.35. The van der Waals surface area contributed by atoms with Gasteiger partial charge in [-0.25, -0.2) is 13.2 Å². The maximum Gasteiger partial charge on any atom is 0.337 e. The molecule has 3 rings (SSSR count). The van der Waals surface area contributed by atoms with Crippen LogP contribution >= 0.6 is 11.3 Å². The fraction of sp³-hybridized carbons (Fsp3) is 0.143. The average Bonchev–Trinajstić information content (AvgIpc) is 3.29. The van der Waals surface area contributed by atoms with Crippen molar-refractivity contribution in [3.8, 4) is 0 Å². The Morgan fingerprint density at radius 1 is 1.00 bits per heavy atom. The minimum Gasteiger partial charge on any atom is -0.465 e. The summed E-state index contributed by atoms with van der Waals surface area (Å²) in [5, 5.41) is 4.49. The van der Waals surface area contributed by atoms with Crippen molar-refractivity contribution in [2.75, 3.05) is 18.4 Å². The zero-order valence-electron chi connectivity index (χ0n) is 16.1. The van der Waals surface area contributed by atoms with Crippen molar-refractivity contribution in [2.45, 2.75) is 10.6 Å². The van der Waals surface area contributed by atoms with Crippen LogP contribution in [0.3, 0.4) is 0 Å². The summed E-state index contributed by atoms with van der Waals surface area (Å²) in [4.78, 5) is 23.9. The van der Waals surface area contributed by atoms with Gasteiger partial charge in [0, 0.05) is 17.8 Å². The lowest BCUT2D eigenvalue weighted by molar-refractivity contribution is 0.0600. The number of nitrogens with one attached hydrogen (secondary N) is 2. The van der Waals surface area contributed by atoms with Gasteiger partial charge in [-0.15, -0.1) is 11.3 Å². The SMILES string of the molecule is COC(=O)c1ccc(CCNC(=O)c2cccc(NS(=O)(=O)c3cccs3)c2)cc1. The minimum absolute atomic E-state index is 0.204. The van der Waals surface area contributed by atoms with Crippen LogP contribution in [-0.2, 0) is 21.2 Å². The molecule has 0 atom stereocenters. The number of carbonyl (C=O) groups excluding carboxylic acids is 2. The second kappa shape index (κ2) is 9.55. The number of methoxy groups -OCH3 is 1. The Bertz CT molecular complexity index is 1120. The Balaban J connectivity index is 1.57. The van der Waals surface area contributed by atoms with Crippen molar-refractivity contribution in [3.63, 3.8) is 0 Å². The fourth-order valence-electron chi connectivity index (χ4n) is 2.69. The molecule has 9 heteroatoms. The first-order valence-corrected chi connectivity index (χ1v) is 11.4. The minimum atomic E-state index is -3.67. The van der Waals surface area contributed by atoms with E-state index in [-0.39, 0.29) is 10.1 Å². The van der Waals surface area contributed by atoms with Crippen LogP contribution in [0.4, 0.5) is 5.69 Å². The van der Waals surface area contributed by atoms with Crippen LogP contribution in [-0.4, -0.2) is 33.9 Å². The quantitative estimate of drug-likeness (QED) is 0.519. The van der Waals surface area contributed by atoms with Gasteiger partial charge in [0.1, 0.15) is 4.21 Å². The number of thiophene rings is 1. The molecule has 0 saturated carbocycles. The molecule has 2 aromatic carbocycles. The zero-order chi connectivity index (χ0) is 21.6. The van der Waals surface area contributed by atoms with E-state index in [1.54, 1.807) is 53.9 Å². The van der Waals surface area contributed by atoms with E-state index in [1.165, 1.54) is 19.2 Å². The largest absolute Gasteiger partial charge is 0.465 e. The van der Waals surface area contributed by atoms with Gasteiger partial charge in [-0.1, -0.05) is 24.3 Å². The summed E-state index contributed by atoms with van der Waals surface area (Å²) in [5.74, 6) is -0.706. The summed E-state index contributed by atoms with van der Waals surface area (Å²) in [6.07, 6.45) is 0.581. The van der Waals surface area contributed by atoms with Gasteiger partial charge in [-0.2, -0.15) is 0 Å². The lowest BCUT2D eigenvalue weighted by atomic mass is 10.1. The van der Waals surface area contributed by atoms with Gasteiger partial charge >= 0.3 is 5.97 Å². The Morgan fingerprint density at radius 2 is 1.77 bits per heavy atom. The van der Waals surface area contributed by atoms with Crippen LogP contribution in [0.1, 0.15) is 26.3 Å². The number of sulfonamides is 1. The second-order valence-corrected chi connectivity index (χ2v) is 9.17. The van der Waals surface area contributed by atoms with Gasteiger partial charge < -0.3 is 10.1 Å². The zero-order valence-corrected chi connectivity index (χ0v) is 17.8. The lowest BCUT2D eigenvalue weighted by Gasteiger charge is -2.09. The number of amides is 1. The summed E-state index contributed by atoms with van der Waals surface area (Å²) >= 11 is 1.12. The van der Waals surface area contributed by atoms with Gasteiger partial charge in [-0.05, 0) is 53.8 Å². The Kier molecular flexibility index (Phi) is 6.86. The van der Waals surface area contributed by atoms with Crippen LogP contribution in [0, 0.1) is 0 Å². The molecule has 7 nitrogen and oxygen atoms in total. The molecule has 0 aliphatic rings. The van der Waals surface area contributed by atoms with Crippen molar-refractivity contribution < 1.29 is 22.7 Å². The lowest BCUT2D eigenvalue weighted by Crippen LogP contribution is -2.25. The molecule has 0 fully saturated rings. The number of rotatable bonds is 8. The molecule has 2 N–H and O–H groups in total. The van der Waals surface area contributed by atoms with Crippen LogP contribution in [0.5, 0.6) is 0 Å². The first-order valence-electron chi connectivity index (χ1n) is 9.01. The molecule has 0 unspecified atom stereocenters. The predicted molar refractivity (Wildman–Crippen MR) is 115 cm³/mol. The van der Waals surface area contributed by atoms with Crippen LogP contribution in [0.15, 0.2) is 70.3 Å². The topological polar surface area (TPSA) is 102 Å². The molecule has 1 heterocycles. The molecular formula is C21H20N2O5S2. The maximum atomic E-state index is 12.4. The third-order valence-electron chi connectivity index (χ3n) is 4.21. The van der Waals surface area contributed by atoms with Gasteiger partial charge in [0.25, 0.3) is 15.9 Å². The third-order valence-corrected chi connectivity index (χ3v) is 6.99. The highest BCUT2D eigenvalue weighted by Gasteiger charge is 2.16. The van der Waals surface area contributed by atoms with Gasteiger partial charge in [0.15, 0.2) is 0 Å². The summed E-state index contributed by atoms with van der Waals surface area (Å²) in [5.41, 5.74) is 2.09. The first kappa shape index (κ1) is 21.5. The monoisotopic (exact) mass is 444 g/mol. The number of carbonyl (C=O) groups is 2. The number of ether oxygens (including phenoxy) is 1. The normalized spacial score (nSPS) is 11.0. The number of benzene rings is 2. The van der Waals surface area contributed by atoms with E-state index < -0.39 is 16.0 Å².